The average molecular weight is 461 g/mol. The molecule has 3 rings (SSSR count). The number of hydrogen-bond acceptors (Lipinski definition) is 8. The third-order valence-corrected chi connectivity index (χ3v) is 5.80. The fourth-order valence-electron chi connectivity index (χ4n) is 3.53. The lowest BCUT2D eigenvalue weighted by molar-refractivity contribution is 0.102. The number of aliphatic hydroxyl groups is 1. The molecule has 0 spiro atoms. The van der Waals surface area contributed by atoms with Crippen LogP contribution in [0.1, 0.15) is 18.4 Å². The van der Waals surface area contributed by atoms with Crippen molar-refractivity contribution in [1.29, 1.82) is 5.26 Å². The molecule has 10 heteroatoms. The molecule has 0 bridgehead atoms. The predicted octanol–water partition coefficient (Wildman–Crippen LogP) is 1.63. The van der Waals surface area contributed by atoms with E-state index >= 15 is 0 Å². The first-order chi connectivity index (χ1) is 15.2. The summed E-state index contributed by atoms with van der Waals surface area (Å²) in [7, 11) is -3.53. The molecule has 1 unspecified atom stereocenters. The molecule has 4 N–H and O–H groups in total. The lowest BCUT2D eigenvalue weighted by Crippen LogP contribution is -2.45. The molecule has 0 amide bonds. The van der Waals surface area contributed by atoms with Gasteiger partial charge in [0.05, 0.1) is 23.6 Å². The van der Waals surface area contributed by atoms with Crippen molar-refractivity contribution in [2.75, 3.05) is 42.1 Å². The van der Waals surface area contributed by atoms with Gasteiger partial charge in [-0.25, -0.2) is 8.42 Å². The summed E-state index contributed by atoms with van der Waals surface area (Å²) in [6, 6.07) is 14.2. The van der Waals surface area contributed by atoms with Crippen molar-refractivity contribution in [3.8, 4) is 17.6 Å². The summed E-state index contributed by atoms with van der Waals surface area (Å²) >= 11 is 0. The number of aromatic hydroxyl groups is 1. The van der Waals surface area contributed by atoms with E-state index in [-0.39, 0.29) is 18.0 Å². The summed E-state index contributed by atoms with van der Waals surface area (Å²) in [6.45, 7) is 2.17. The SMILES string of the molecule is CS(=O)(=O)Nc1cc(OCC(O)CNC2CCN(c3ccc(C#N)cc3)CC2)ccc1O. The molecule has 0 aliphatic carbocycles. The number of piperidine rings is 1. The topological polar surface area (TPSA) is 135 Å². The van der Waals surface area contributed by atoms with Gasteiger partial charge in [-0.15, -0.1) is 0 Å². The Morgan fingerprint density at radius 2 is 1.91 bits per heavy atom. The number of nitriles is 1. The highest BCUT2D eigenvalue weighted by Crippen LogP contribution is 2.28. The lowest BCUT2D eigenvalue weighted by Gasteiger charge is -2.34. The molecule has 0 aromatic heterocycles. The molecule has 32 heavy (non-hydrogen) atoms. The summed E-state index contributed by atoms with van der Waals surface area (Å²) < 4.78 is 30.5. The summed E-state index contributed by atoms with van der Waals surface area (Å²) in [4.78, 5) is 2.28. The van der Waals surface area contributed by atoms with Crippen LogP contribution in [0.3, 0.4) is 0 Å². The Hall–Kier alpha value is -3.00. The summed E-state index contributed by atoms with van der Waals surface area (Å²) in [6.07, 6.45) is 2.12. The van der Waals surface area contributed by atoms with Crippen molar-refractivity contribution >= 4 is 21.4 Å². The quantitative estimate of drug-likeness (QED) is 0.415. The molecule has 1 aliphatic heterocycles. The lowest BCUT2D eigenvalue weighted by atomic mass is 10.0. The van der Waals surface area contributed by atoms with Crippen molar-refractivity contribution in [3.63, 3.8) is 0 Å². The third kappa shape index (κ3) is 7.02. The van der Waals surface area contributed by atoms with Gasteiger partial charge in [0.1, 0.15) is 24.2 Å². The zero-order valence-corrected chi connectivity index (χ0v) is 18.7. The number of nitrogens with zero attached hydrogens (tertiary/aromatic N) is 2. The molecule has 2 aromatic rings. The van der Waals surface area contributed by atoms with Crippen LogP contribution in [0.15, 0.2) is 42.5 Å². The molecule has 1 saturated heterocycles. The minimum absolute atomic E-state index is 0.0200. The summed E-state index contributed by atoms with van der Waals surface area (Å²) in [5.41, 5.74) is 1.78. The maximum Gasteiger partial charge on any atom is 0.229 e. The molecule has 2 aromatic carbocycles. The van der Waals surface area contributed by atoms with Gasteiger partial charge in [-0.3, -0.25) is 4.72 Å². The highest BCUT2D eigenvalue weighted by atomic mass is 32.2. The van der Waals surface area contributed by atoms with Gasteiger partial charge in [0.2, 0.25) is 10.0 Å². The second kappa shape index (κ2) is 10.5. The number of hydrogen-bond donors (Lipinski definition) is 4. The number of phenolic OH excluding ortho intramolecular Hbond substituents is 1. The molecule has 1 fully saturated rings. The Labute approximate surface area is 188 Å². The fraction of sp³-hybridized carbons (Fsp3) is 0.409. The molecule has 1 atom stereocenters. The van der Waals surface area contributed by atoms with Crippen LogP contribution in [0.4, 0.5) is 11.4 Å². The zero-order valence-electron chi connectivity index (χ0n) is 17.9. The monoisotopic (exact) mass is 460 g/mol. The Balaban J connectivity index is 1.40. The summed E-state index contributed by atoms with van der Waals surface area (Å²) in [5.74, 6) is 0.126. The number of benzene rings is 2. The number of aliphatic hydroxyl groups excluding tert-OH is 1. The minimum Gasteiger partial charge on any atom is -0.506 e. The largest absolute Gasteiger partial charge is 0.506 e. The minimum atomic E-state index is -3.53. The molecule has 1 heterocycles. The van der Waals surface area contributed by atoms with Gasteiger partial charge in [-0.05, 0) is 49.2 Å². The maximum absolute atomic E-state index is 11.4. The molecule has 0 radical (unpaired) electrons. The van der Waals surface area contributed by atoms with Gasteiger partial charge < -0.3 is 25.2 Å². The van der Waals surface area contributed by atoms with Crippen molar-refractivity contribution < 1.29 is 23.4 Å². The van der Waals surface area contributed by atoms with E-state index in [0.717, 1.165) is 37.9 Å². The molecule has 0 saturated carbocycles. The van der Waals surface area contributed by atoms with Crippen LogP contribution in [-0.4, -0.2) is 63.3 Å². The van der Waals surface area contributed by atoms with Crippen LogP contribution in [0.5, 0.6) is 11.5 Å². The summed E-state index contributed by atoms with van der Waals surface area (Å²) in [5, 5.41) is 32.3. The molecule has 9 nitrogen and oxygen atoms in total. The normalized spacial score (nSPS) is 15.7. The van der Waals surface area contributed by atoms with Crippen LogP contribution < -0.4 is 19.7 Å². The number of phenols is 1. The number of sulfonamides is 1. The Bertz CT molecular complexity index is 1040. The van der Waals surface area contributed by atoms with Gasteiger partial charge in [-0.1, -0.05) is 0 Å². The first-order valence-corrected chi connectivity index (χ1v) is 12.2. The van der Waals surface area contributed by atoms with E-state index in [4.69, 9.17) is 10.00 Å². The number of ether oxygens (including phenoxy) is 1. The number of rotatable bonds is 9. The van der Waals surface area contributed by atoms with E-state index in [9.17, 15) is 18.6 Å². The highest BCUT2D eigenvalue weighted by Gasteiger charge is 2.20. The predicted molar refractivity (Wildman–Crippen MR) is 122 cm³/mol. The average Bonchev–Trinajstić information content (AvgIpc) is 2.77. The van der Waals surface area contributed by atoms with Gasteiger partial charge in [0, 0.05) is 37.4 Å². The maximum atomic E-state index is 11.4. The number of anilines is 2. The van der Waals surface area contributed by atoms with E-state index < -0.39 is 16.1 Å². The van der Waals surface area contributed by atoms with Crippen LogP contribution in [0.2, 0.25) is 0 Å². The highest BCUT2D eigenvalue weighted by molar-refractivity contribution is 7.92. The van der Waals surface area contributed by atoms with Crippen molar-refractivity contribution in [2.45, 2.75) is 25.0 Å². The third-order valence-electron chi connectivity index (χ3n) is 5.20. The zero-order chi connectivity index (χ0) is 23.1. The molecule has 1 aliphatic rings. The first kappa shape index (κ1) is 23.7. The van der Waals surface area contributed by atoms with Gasteiger partial charge in [0.25, 0.3) is 0 Å². The van der Waals surface area contributed by atoms with Crippen molar-refractivity contribution in [2.24, 2.45) is 0 Å². The molecular weight excluding hydrogens is 432 g/mol. The van der Waals surface area contributed by atoms with Crippen LogP contribution in [0, 0.1) is 11.3 Å². The van der Waals surface area contributed by atoms with Crippen molar-refractivity contribution in [1.82, 2.24) is 5.32 Å². The van der Waals surface area contributed by atoms with E-state index in [1.54, 1.807) is 0 Å². The standard InChI is InChI=1S/C22H28N4O5S/c1-32(29,30)25-21-12-20(6-7-22(21)28)31-15-19(27)14-24-17-8-10-26(11-9-17)18-4-2-16(13-23)3-5-18/h2-7,12,17,19,24-25,27-28H,8-11,14-15H2,1H3. The van der Waals surface area contributed by atoms with E-state index in [1.165, 1.54) is 18.2 Å². The van der Waals surface area contributed by atoms with E-state index in [1.807, 2.05) is 24.3 Å². The Kier molecular flexibility index (Phi) is 7.80. The van der Waals surface area contributed by atoms with Crippen LogP contribution in [0.25, 0.3) is 0 Å². The first-order valence-electron chi connectivity index (χ1n) is 10.3. The van der Waals surface area contributed by atoms with E-state index in [0.29, 0.717) is 23.9 Å². The fourth-order valence-corrected chi connectivity index (χ4v) is 4.09. The van der Waals surface area contributed by atoms with Gasteiger partial charge >= 0.3 is 0 Å². The Morgan fingerprint density at radius 1 is 1.22 bits per heavy atom. The van der Waals surface area contributed by atoms with Crippen LogP contribution in [-0.2, 0) is 10.0 Å². The molecule has 172 valence electrons. The molecular formula is C22H28N4O5S. The number of nitrogens with one attached hydrogen (secondary N) is 2. The van der Waals surface area contributed by atoms with Crippen LogP contribution >= 0.6 is 0 Å². The Morgan fingerprint density at radius 3 is 2.53 bits per heavy atom. The van der Waals surface area contributed by atoms with Gasteiger partial charge in [0.15, 0.2) is 0 Å². The van der Waals surface area contributed by atoms with Crippen molar-refractivity contribution in [3.05, 3.63) is 48.0 Å². The second-order valence-corrected chi connectivity index (χ2v) is 9.59. The second-order valence-electron chi connectivity index (χ2n) is 7.85. The van der Waals surface area contributed by atoms with E-state index in [2.05, 4.69) is 21.0 Å². The smallest absolute Gasteiger partial charge is 0.229 e. The van der Waals surface area contributed by atoms with Gasteiger partial charge in [-0.2, -0.15) is 5.26 Å².